The van der Waals surface area contributed by atoms with Gasteiger partial charge in [-0.15, -0.1) is 0 Å². The van der Waals surface area contributed by atoms with Crippen LogP contribution in [0.4, 0.5) is 18.8 Å². The van der Waals surface area contributed by atoms with Crippen LogP contribution in [0.1, 0.15) is 39.5 Å². The average Bonchev–Trinajstić information content (AvgIpc) is 1.89. The fourth-order valence-electron chi connectivity index (χ4n) is 0.729. The molecule has 0 aromatic heterocycles. The zero-order chi connectivity index (χ0) is 6.95. The Labute approximate surface area is 94.7 Å². The maximum absolute atomic E-state index is 2.29. The Morgan fingerprint density at radius 3 is 1.21 bits per heavy atom. The zero-order valence-electron chi connectivity index (χ0n) is 9.08. The molecule has 0 saturated heterocycles. The van der Waals surface area contributed by atoms with Crippen molar-refractivity contribution in [2.24, 2.45) is 0 Å². The molecule has 0 bridgehead atoms. The summed E-state index contributed by atoms with van der Waals surface area (Å²) in [6.45, 7) is 4.58. The van der Waals surface area contributed by atoms with E-state index in [0.29, 0.717) is 0 Å². The summed E-state index contributed by atoms with van der Waals surface area (Å²) in [4.78, 5) is 0. The molecule has 0 aromatic rings. The van der Waals surface area contributed by atoms with E-state index in [-0.39, 0.29) is 46.1 Å². The monoisotopic (exact) mass is 331 g/mol. The third-order valence-electron chi connectivity index (χ3n) is 1.41. The first kappa shape index (κ1) is 36.6. The summed E-state index contributed by atoms with van der Waals surface area (Å²) in [6, 6.07) is 0. The number of unbranched alkanes of at least 4 members (excludes halogenated alkanes) is 2. The summed E-state index contributed by atoms with van der Waals surface area (Å²) in [5.74, 6) is 0. The van der Waals surface area contributed by atoms with Crippen LogP contribution < -0.4 is 6.15 Å². The molecule has 1 nitrogen and oxygen atoms in total. The maximum atomic E-state index is 2.29. The smallest absolute Gasteiger partial charge is 0.269 e. The third kappa shape index (κ3) is 39.2. The molecular weight excluding hydrogens is 305 g/mol. The van der Waals surface area contributed by atoms with Gasteiger partial charge in [0.2, 0.25) is 0 Å². The molecule has 0 aliphatic heterocycles. The SMILES string of the molecule is CCC[CH2][Sn][CH2]CCC.F.F.F.F.N. The largest absolute Gasteiger partial charge is 0.344 e. The third-order valence-corrected chi connectivity index (χ3v) is 5.45. The van der Waals surface area contributed by atoms with Crippen molar-refractivity contribution in [2.75, 3.05) is 0 Å². The Hall–Kier alpha value is 0.479. The van der Waals surface area contributed by atoms with Gasteiger partial charge in [0.15, 0.2) is 0 Å². The van der Waals surface area contributed by atoms with Crippen molar-refractivity contribution < 1.29 is 18.8 Å². The Bertz CT molecular complexity index is 54.6. The van der Waals surface area contributed by atoms with Crippen LogP contribution in [-0.4, -0.2) is 21.1 Å². The van der Waals surface area contributed by atoms with E-state index in [9.17, 15) is 0 Å². The number of hydrogen-bond acceptors (Lipinski definition) is 1. The van der Waals surface area contributed by atoms with Crippen LogP contribution in [0.25, 0.3) is 0 Å². The van der Waals surface area contributed by atoms with Gasteiger partial charge in [-0.1, -0.05) is 0 Å². The summed E-state index contributed by atoms with van der Waals surface area (Å²) in [5.41, 5.74) is 0. The predicted molar refractivity (Wildman–Crippen MR) is 60.2 cm³/mol. The van der Waals surface area contributed by atoms with Gasteiger partial charge in [0.25, 0.3) is 0 Å². The first-order valence-electron chi connectivity index (χ1n) is 4.12. The van der Waals surface area contributed by atoms with Crippen molar-refractivity contribution >= 4 is 21.1 Å². The Morgan fingerprint density at radius 2 is 1.00 bits per heavy atom. The van der Waals surface area contributed by atoms with Gasteiger partial charge in [-0.05, 0) is 0 Å². The molecular formula is C8H25F4NSn. The van der Waals surface area contributed by atoms with Crippen molar-refractivity contribution in [3.63, 3.8) is 0 Å². The van der Waals surface area contributed by atoms with Gasteiger partial charge in [-0.3, -0.25) is 18.8 Å². The first-order valence-corrected chi connectivity index (χ1v) is 8.16. The minimum atomic E-state index is 0. The molecule has 0 unspecified atom stereocenters. The topological polar surface area (TPSA) is 35.0 Å². The van der Waals surface area contributed by atoms with E-state index >= 15 is 0 Å². The molecule has 0 heterocycles. The molecule has 94 valence electrons. The second-order valence-corrected chi connectivity index (χ2v) is 6.74. The molecule has 0 atom stereocenters. The molecule has 0 rings (SSSR count). The standard InChI is InChI=1S/2C4H9.4FH.H3N.Sn/c2*1-3-4-2;;;;;;/h2*1,3-4H2,2H3;4*1H;1H3;. The van der Waals surface area contributed by atoms with Crippen LogP contribution in [0.2, 0.25) is 8.87 Å². The Morgan fingerprint density at radius 1 is 0.714 bits per heavy atom. The number of hydrogen-bond donors (Lipinski definition) is 1. The molecule has 6 heteroatoms. The van der Waals surface area contributed by atoms with Gasteiger partial charge < -0.3 is 6.15 Å². The molecule has 0 aliphatic rings. The molecule has 0 amide bonds. The van der Waals surface area contributed by atoms with Crippen LogP contribution >= 0.6 is 0 Å². The summed E-state index contributed by atoms with van der Waals surface area (Å²) in [7, 11) is 0. The fraction of sp³-hybridized carbons (Fsp3) is 1.00. The molecule has 0 spiro atoms. The average molecular weight is 330 g/mol. The van der Waals surface area contributed by atoms with E-state index in [1.165, 1.54) is 25.7 Å². The normalized spacial score (nSPS) is 6.43. The van der Waals surface area contributed by atoms with Crippen molar-refractivity contribution in [1.29, 1.82) is 0 Å². The Kier molecular flexibility index (Phi) is 98.1. The van der Waals surface area contributed by atoms with Gasteiger partial charge in [-0.2, -0.15) is 0 Å². The van der Waals surface area contributed by atoms with E-state index in [1.807, 2.05) is 0 Å². The van der Waals surface area contributed by atoms with Crippen LogP contribution in [0, 0.1) is 0 Å². The molecule has 0 saturated carbocycles. The van der Waals surface area contributed by atoms with Crippen LogP contribution in [0.3, 0.4) is 0 Å². The van der Waals surface area contributed by atoms with Gasteiger partial charge in [0, 0.05) is 0 Å². The predicted octanol–water partition coefficient (Wildman–Crippen LogP) is 3.90. The van der Waals surface area contributed by atoms with Crippen molar-refractivity contribution in [3.8, 4) is 0 Å². The molecule has 0 fully saturated rings. The molecule has 14 heavy (non-hydrogen) atoms. The Balaban J connectivity index is -0.0000000320. The number of halogens is 4. The second-order valence-electron chi connectivity index (χ2n) is 2.46. The molecule has 0 aliphatic carbocycles. The van der Waals surface area contributed by atoms with E-state index in [1.54, 1.807) is 8.87 Å². The maximum Gasteiger partial charge on any atom is -0.269 e. The van der Waals surface area contributed by atoms with Crippen LogP contribution in [0.15, 0.2) is 0 Å². The number of rotatable bonds is 6. The molecule has 2 radical (unpaired) electrons. The fourth-order valence-corrected chi connectivity index (χ4v) is 4.89. The summed E-state index contributed by atoms with van der Waals surface area (Å²) < 4.78 is 3.25. The van der Waals surface area contributed by atoms with Gasteiger partial charge >= 0.3 is 69.5 Å². The summed E-state index contributed by atoms with van der Waals surface area (Å²) in [6.07, 6.45) is 5.84. The van der Waals surface area contributed by atoms with E-state index < -0.39 is 0 Å². The second kappa shape index (κ2) is 37.5. The summed E-state index contributed by atoms with van der Waals surface area (Å²) in [5, 5.41) is 0. The summed E-state index contributed by atoms with van der Waals surface area (Å²) >= 11 is 0.149. The first-order chi connectivity index (χ1) is 4.41. The van der Waals surface area contributed by atoms with Crippen LogP contribution in [-0.2, 0) is 0 Å². The van der Waals surface area contributed by atoms with Gasteiger partial charge in [-0.25, -0.2) is 0 Å². The van der Waals surface area contributed by atoms with Crippen molar-refractivity contribution in [3.05, 3.63) is 0 Å². The quantitative estimate of drug-likeness (QED) is 0.447. The van der Waals surface area contributed by atoms with Crippen LogP contribution in [0.5, 0.6) is 0 Å². The molecule has 0 aromatic carbocycles. The molecule has 3 N–H and O–H groups in total. The van der Waals surface area contributed by atoms with E-state index in [0.717, 1.165) is 0 Å². The van der Waals surface area contributed by atoms with Gasteiger partial charge in [0.1, 0.15) is 0 Å². The minimum absolute atomic E-state index is 0. The van der Waals surface area contributed by atoms with E-state index in [2.05, 4.69) is 13.8 Å². The van der Waals surface area contributed by atoms with Gasteiger partial charge in [0.05, 0.1) is 0 Å². The minimum Gasteiger partial charge on any atom is -0.344 e. The van der Waals surface area contributed by atoms with Crippen molar-refractivity contribution in [1.82, 2.24) is 6.15 Å². The zero-order valence-corrected chi connectivity index (χ0v) is 11.9. The van der Waals surface area contributed by atoms with Crippen molar-refractivity contribution in [2.45, 2.75) is 48.4 Å². The van der Waals surface area contributed by atoms with E-state index in [4.69, 9.17) is 0 Å².